The molecule has 2 amide bonds. The highest BCUT2D eigenvalue weighted by Crippen LogP contribution is 2.12. The fourth-order valence-corrected chi connectivity index (χ4v) is 1.78. The van der Waals surface area contributed by atoms with Gasteiger partial charge in [0.15, 0.2) is 0 Å². The van der Waals surface area contributed by atoms with Crippen molar-refractivity contribution in [2.24, 2.45) is 0 Å². The van der Waals surface area contributed by atoms with Gasteiger partial charge in [-0.15, -0.1) is 0 Å². The van der Waals surface area contributed by atoms with Crippen LogP contribution in [0.5, 0.6) is 0 Å². The quantitative estimate of drug-likeness (QED) is 0.851. The first-order valence-electron chi connectivity index (χ1n) is 7.13. The molecule has 1 rings (SSSR count). The van der Waals surface area contributed by atoms with E-state index < -0.39 is 5.60 Å². The van der Waals surface area contributed by atoms with Crippen LogP contribution >= 0.6 is 0 Å². The maximum Gasteiger partial charge on any atom is 0.410 e. The first-order valence-corrected chi connectivity index (χ1v) is 7.13. The van der Waals surface area contributed by atoms with Gasteiger partial charge in [-0.3, -0.25) is 4.79 Å². The number of nitrogens with one attached hydrogen (secondary N) is 1. The molecule has 0 heterocycles. The van der Waals surface area contributed by atoms with Crippen molar-refractivity contribution < 1.29 is 14.3 Å². The lowest BCUT2D eigenvalue weighted by Gasteiger charge is -2.24. The molecule has 0 spiro atoms. The van der Waals surface area contributed by atoms with Crippen molar-refractivity contribution in [2.75, 3.05) is 7.05 Å². The fourth-order valence-electron chi connectivity index (χ4n) is 1.78. The number of amides is 2. The van der Waals surface area contributed by atoms with Gasteiger partial charge >= 0.3 is 6.09 Å². The summed E-state index contributed by atoms with van der Waals surface area (Å²) in [5.74, 6) is -0.212. The van der Waals surface area contributed by atoms with Crippen molar-refractivity contribution in [2.45, 2.75) is 39.5 Å². The van der Waals surface area contributed by atoms with Gasteiger partial charge in [0.25, 0.3) is 0 Å². The van der Waals surface area contributed by atoms with Crippen molar-refractivity contribution in [3.63, 3.8) is 0 Å². The highest BCUT2D eigenvalue weighted by Gasteiger charge is 2.19. The van der Waals surface area contributed by atoms with Crippen LogP contribution in [0.25, 0.3) is 0 Å². The van der Waals surface area contributed by atoms with Gasteiger partial charge in [-0.2, -0.15) is 0 Å². The van der Waals surface area contributed by atoms with Crippen LogP contribution < -0.4 is 5.32 Å². The largest absolute Gasteiger partial charge is 0.444 e. The van der Waals surface area contributed by atoms with E-state index in [2.05, 4.69) is 11.9 Å². The van der Waals surface area contributed by atoms with Crippen LogP contribution in [0.4, 0.5) is 4.79 Å². The van der Waals surface area contributed by atoms with Crippen molar-refractivity contribution in [3.05, 3.63) is 48.0 Å². The average molecular weight is 304 g/mol. The summed E-state index contributed by atoms with van der Waals surface area (Å²) in [5, 5.41) is 2.72. The second-order valence-corrected chi connectivity index (χ2v) is 6.08. The minimum atomic E-state index is -0.512. The zero-order valence-electron chi connectivity index (χ0n) is 13.7. The number of carbonyl (C=O) groups excluding carboxylic acids is 2. The Morgan fingerprint density at radius 2 is 1.95 bits per heavy atom. The molecule has 0 bridgehead atoms. The smallest absolute Gasteiger partial charge is 0.410 e. The van der Waals surface area contributed by atoms with Crippen molar-refractivity contribution in [3.8, 4) is 0 Å². The monoisotopic (exact) mass is 304 g/mol. The third kappa shape index (κ3) is 6.43. The third-order valence-corrected chi connectivity index (χ3v) is 2.77. The number of benzene rings is 1. The summed E-state index contributed by atoms with van der Waals surface area (Å²) in [6, 6.07) is 7.69. The molecule has 0 unspecified atom stereocenters. The van der Waals surface area contributed by atoms with Gasteiger partial charge in [-0.25, -0.2) is 4.79 Å². The molecule has 0 aliphatic rings. The molecule has 1 aromatic carbocycles. The van der Waals surface area contributed by atoms with Gasteiger partial charge in [0, 0.05) is 20.1 Å². The van der Waals surface area contributed by atoms with Crippen LogP contribution in [0, 0.1) is 0 Å². The summed E-state index contributed by atoms with van der Waals surface area (Å²) < 4.78 is 5.31. The van der Waals surface area contributed by atoms with Gasteiger partial charge in [0.1, 0.15) is 5.60 Å². The minimum Gasteiger partial charge on any atom is -0.444 e. The first kappa shape index (κ1) is 17.8. The van der Waals surface area contributed by atoms with Crippen LogP contribution in [-0.2, 0) is 22.6 Å². The van der Waals surface area contributed by atoms with E-state index in [0.717, 1.165) is 11.1 Å². The van der Waals surface area contributed by atoms with Gasteiger partial charge < -0.3 is 15.0 Å². The van der Waals surface area contributed by atoms with Gasteiger partial charge in [-0.1, -0.05) is 30.8 Å². The number of ether oxygens (including phenoxy) is 1. The predicted octanol–water partition coefficient (Wildman–Crippen LogP) is 2.86. The van der Waals surface area contributed by atoms with Crippen molar-refractivity contribution >= 4 is 12.0 Å². The van der Waals surface area contributed by atoms with Crippen molar-refractivity contribution in [1.29, 1.82) is 0 Å². The molecule has 5 heteroatoms. The lowest BCUT2D eigenvalue weighted by molar-refractivity contribution is -0.116. The maximum absolute atomic E-state index is 11.9. The Kier molecular flexibility index (Phi) is 6.16. The molecule has 0 atom stereocenters. The number of hydrogen-bond acceptors (Lipinski definition) is 3. The van der Waals surface area contributed by atoms with E-state index in [-0.39, 0.29) is 12.0 Å². The second-order valence-electron chi connectivity index (χ2n) is 6.08. The van der Waals surface area contributed by atoms with E-state index in [4.69, 9.17) is 4.74 Å². The van der Waals surface area contributed by atoms with Gasteiger partial charge in [0.2, 0.25) is 5.91 Å². The summed E-state index contributed by atoms with van der Waals surface area (Å²) in [6.07, 6.45) is 0.873. The Balaban J connectivity index is 2.64. The minimum absolute atomic E-state index is 0.212. The normalized spacial score (nSPS) is 10.7. The Bertz CT molecular complexity index is 547. The SMILES string of the molecule is C=CC(=O)NCc1cccc(CN(C)C(=O)OC(C)(C)C)c1. The lowest BCUT2D eigenvalue weighted by atomic mass is 10.1. The Hall–Kier alpha value is -2.30. The molecule has 0 radical (unpaired) electrons. The molecule has 0 aromatic heterocycles. The van der Waals surface area contributed by atoms with Crippen molar-refractivity contribution in [1.82, 2.24) is 10.2 Å². The molecular formula is C17H24N2O3. The lowest BCUT2D eigenvalue weighted by Crippen LogP contribution is -2.33. The topological polar surface area (TPSA) is 58.6 Å². The summed E-state index contributed by atoms with van der Waals surface area (Å²) in [4.78, 5) is 24.6. The van der Waals surface area contributed by atoms with Gasteiger partial charge in [-0.05, 0) is 38.0 Å². The molecule has 5 nitrogen and oxygen atoms in total. The van der Waals surface area contributed by atoms with Gasteiger partial charge in [0.05, 0.1) is 0 Å². The van der Waals surface area contributed by atoms with Crippen LogP contribution in [0.1, 0.15) is 31.9 Å². The van der Waals surface area contributed by atoms with E-state index >= 15 is 0 Å². The third-order valence-electron chi connectivity index (χ3n) is 2.77. The van der Waals surface area contributed by atoms with E-state index in [0.29, 0.717) is 13.1 Å². The molecule has 22 heavy (non-hydrogen) atoms. The van der Waals surface area contributed by atoms with E-state index in [1.807, 2.05) is 45.0 Å². The molecule has 1 N–H and O–H groups in total. The molecule has 120 valence electrons. The Morgan fingerprint density at radius 3 is 2.55 bits per heavy atom. The molecule has 0 saturated carbocycles. The number of nitrogens with zero attached hydrogens (tertiary/aromatic N) is 1. The maximum atomic E-state index is 11.9. The molecule has 0 aliphatic carbocycles. The van der Waals surface area contributed by atoms with E-state index in [1.54, 1.807) is 7.05 Å². The highest BCUT2D eigenvalue weighted by atomic mass is 16.6. The Labute approximate surface area is 132 Å². The highest BCUT2D eigenvalue weighted by molar-refractivity contribution is 5.86. The summed E-state index contributed by atoms with van der Waals surface area (Å²) in [7, 11) is 1.69. The van der Waals surface area contributed by atoms with Crippen LogP contribution in [0.15, 0.2) is 36.9 Å². The molecular weight excluding hydrogens is 280 g/mol. The Morgan fingerprint density at radius 1 is 1.32 bits per heavy atom. The number of carbonyl (C=O) groups is 2. The summed E-state index contributed by atoms with van der Waals surface area (Å²) >= 11 is 0. The zero-order chi connectivity index (χ0) is 16.8. The van der Waals surface area contributed by atoms with Crippen LogP contribution in [0.3, 0.4) is 0 Å². The molecule has 1 aromatic rings. The second kappa shape index (κ2) is 7.64. The van der Waals surface area contributed by atoms with Crippen LogP contribution in [0.2, 0.25) is 0 Å². The van der Waals surface area contributed by atoms with Crippen LogP contribution in [-0.4, -0.2) is 29.5 Å². The average Bonchev–Trinajstić information content (AvgIpc) is 2.43. The number of rotatable bonds is 5. The number of hydrogen-bond donors (Lipinski definition) is 1. The zero-order valence-corrected chi connectivity index (χ0v) is 13.7. The first-order chi connectivity index (χ1) is 10.2. The molecule has 0 saturated heterocycles. The standard InChI is InChI=1S/C17H24N2O3/c1-6-15(20)18-11-13-8-7-9-14(10-13)12-19(5)16(21)22-17(2,3)4/h6-10H,1,11-12H2,2-5H3,(H,18,20). The van der Waals surface area contributed by atoms with E-state index in [1.165, 1.54) is 11.0 Å². The molecule has 0 aliphatic heterocycles. The summed E-state index contributed by atoms with van der Waals surface area (Å²) in [5.41, 5.74) is 1.42. The predicted molar refractivity (Wildman–Crippen MR) is 86.2 cm³/mol. The fraction of sp³-hybridized carbons (Fsp3) is 0.412. The summed E-state index contributed by atoms with van der Waals surface area (Å²) in [6.45, 7) is 9.78. The molecule has 0 fully saturated rings. The van der Waals surface area contributed by atoms with E-state index in [9.17, 15) is 9.59 Å².